The summed E-state index contributed by atoms with van der Waals surface area (Å²) in [4.78, 5) is 25.3. The molecular weight excluding hydrogens is 272 g/mol. The van der Waals surface area contributed by atoms with Gasteiger partial charge in [0.15, 0.2) is 0 Å². The van der Waals surface area contributed by atoms with Gasteiger partial charge in [0.05, 0.1) is 0 Å². The van der Waals surface area contributed by atoms with E-state index in [1.54, 1.807) is 0 Å². The lowest BCUT2D eigenvalue weighted by Crippen LogP contribution is -2.32. The van der Waals surface area contributed by atoms with Gasteiger partial charge in [0, 0.05) is 12.7 Å². The van der Waals surface area contributed by atoms with E-state index in [9.17, 15) is 9.59 Å². The van der Waals surface area contributed by atoms with Gasteiger partial charge < -0.3 is 15.3 Å². The van der Waals surface area contributed by atoms with Crippen molar-refractivity contribution >= 4 is 11.9 Å². The summed E-state index contributed by atoms with van der Waals surface area (Å²) in [6.45, 7) is 9.18. The number of amides is 1. The molecule has 2 N–H and O–H groups in total. The minimum Gasteiger partial charge on any atom is -0.480 e. The van der Waals surface area contributed by atoms with Gasteiger partial charge in [-0.2, -0.15) is 5.10 Å². The van der Waals surface area contributed by atoms with Crippen molar-refractivity contribution in [3.8, 4) is 0 Å². The quantitative estimate of drug-likeness (QED) is 0.664. The molecule has 1 aromatic heterocycles. The third-order valence-corrected chi connectivity index (χ3v) is 3.46. The zero-order chi connectivity index (χ0) is 15.8. The maximum absolute atomic E-state index is 12.1. The first-order valence-corrected chi connectivity index (χ1v) is 7.28. The summed E-state index contributed by atoms with van der Waals surface area (Å²) in [5.74, 6) is -1.31. The molecule has 1 aromatic rings. The Morgan fingerprint density at radius 1 is 1.43 bits per heavy atom. The molecule has 0 aromatic carbocycles. The zero-order valence-electron chi connectivity index (χ0n) is 12.9. The summed E-state index contributed by atoms with van der Waals surface area (Å²) in [5, 5.41) is 15.7. The van der Waals surface area contributed by atoms with E-state index >= 15 is 0 Å². The second-order valence-corrected chi connectivity index (χ2v) is 4.81. The topological polar surface area (TPSA) is 87.5 Å². The third kappa shape index (κ3) is 4.86. The van der Waals surface area contributed by atoms with Crippen molar-refractivity contribution in [2.24, 2.45) is 0 Å². The Morgan fingerprint density at radius 2 is 2.10 bits per heavy atom. The van der Waals surface area contributed by atoms with E-state index in [1.807, 2.05) is 0 Å². The summed E-state index contributed by atoms with van der Waals surface area (Å²) in [5.41, 5.74) is 0.271. The van der Waals surface area contributed by atoms with Gasteiger partial charge in [-0.3, -0.25) is 4.79 Å². The molecule has 1 atom stereocenters. The molecule has 118 valence electrons. The highest BCUT2D eigenvalue weighted by Crippen LogP contribution is 2.09. The molecule has 0 spiro atoms. The molecule has 0 saturated heterocycles. The first-order valence-electron chi connectivity index (χ1n) is 7.28. The van der Waals surface area contributed by atoms with Gasteiger partial charge in [-0.1, -0.05) is 13.8 Å². The highest BCUT2D eigenvalue weighted by Gasteiger charge is 2.20. The number of nitrogens with one attached hydrogen (secondary N) is 1. The van der Waals surface area contributed by atoms with E-state index in [0.717, 1.165) is 26.1 Å². The molecule has 0 bridgehead atoms. The Kier molecular flexibility index (Phi) is 6.87. The summed E-state index contributed by atoms with van der Waals surface area (Å²) < 4.78 is 1.22. The van der Waals surface area contributed by atoms with Crippen LogP contribution in [0.3, 0.4) is 0 Å². The van der Waals surface area contributed by atoms with Crippen molar-refractivity contribution in [1.29, 1.82) is 0 Å². The van der Waals surface area contributed by atoms with E-state index in [-0.39, 0.29) is 11.6 Å². The van der Waals surface area contributed by atoms with Crippen LogP contribution in [-0.4, -0.2) is 57.8 Å². The van der Waals surface area contributed by atoms with Crippen LogP contribution in [0.5, 0.6) is 0 Å². The number of hydrogen-bond donors (Lipinski definition) is 2. The van der Waals surface area contributed by atoms with E-state index in [4.69, 9.17) is 5.11 Å². The lowest BCUT2D eigenvalue weighted by atomic mass is 10.3. The molecule has 0 aliphatic heterocycles. The van der Waals surface area contributed by atoms with Crippen molar-refractivity contribution in [1.82, 2.24) is 20.0 Å². The van der Waals surface area contributed by atoms with Crippen LogP contribution in [-0.2, 0) is 4.79 Å². The zero-order valence-corrected chi connectivity index (χ0v) is 12.9. The van der Waals surface area contributed by atoms with Gasteiger partial charge in [0.25, 0.3) is 5.91 Å². The summed E-state index contributed by atoms with van der Waals surface area (Å²) >= 11 is 0. The Balaban J connectivity index is 2.50. The number of carboxylic acid groups (broad SMARTS) is 1. The number of carbonyl (C=O) groups is 2. The molecule has 0 aliphatic carbocycles. The van der Waals surface area contributed by atoms with E-state index < -0.39 is 12.0 Å². The molecule has 1 rings (SSSR count). The minimum atomic E-state index is -1.02. The fourth-order valence-electron chi connectivity index (χ4n) is 2.04. The Morgan fingerprint density at radius 3 is 2.67 bits per heavy atom. The third-order valence-electron chi connectivity index (χ3n) is 3.46. The Labute approximate surface area is 124 Å². The van der Waals surface area contributed by atoms with Gasteiger partial charge >= 0.3 is 5.97 Å². The van der Waals surface area contributed by atoms with Crippen LogP contribution in [0.4, 0.5) is 0 Å². The molecule has 0 saturated carbocycles. The molecule has 0 aliphatic rings. The summed E-state index contributed by atoms with van der Waals surface area (Å²) in [7, 11) is 0. The van der Waals surface area contributed by atoms with Gasteiger partial charge in [0.2, 0.25) is 0 Å². The van der Waals surface area contributed by atoms with Crippen molar-refractivity contribution in [3.63, 3.8) is 0 Å². The van der Waals surface area contributed by atoms with Crippen LogP contribution in [0.2, 0.25) is 0 Å². The van der Waals surface area contributed by atoms with Gasteiger partial charge in [-0.15, -0.1) is 0 Å². The molecule has 1 amide bonds. The van der Waals surface area contributed by atoms with Crippen molar-refractivity contribution in [2.75, 3.05) is 26.2 Å². The summed E-state index contributed by atoms with van der Waals surface area (Å²) in [6, 6.07) is 0.663. The monoisotopic (exact) mass is 296 g/mol. The van der Waals surface area contributed by atoms with Gasteiger partial charge in [-0.05, 0) is 39.0 Å². The van der Waals surface area contributed by atoms with Crippen LogP contribution in [0.25, 0.3) is 0 Å². The number of aromatic nitrogens is 2. The maximum atomic E-state index is 12.1. The minimum absolute atomic E-state index is 0.271. The molecule has 1 unspecified atom stereocenters. The average molecular weight is 296 g/mol. The highest BCUT2D eigenvalue weighted by molar-refractivity contribution is 5.93. The fourth-order valence-corrected chi connectivity index (χ4v) is 2.04. The molecule has 21 heavy (non-hydrogen) atoms. The van der Waals surface area contributed by atoms with Crippen LogP contribution in [0, 0.1) is 0 Å². The van der Waals surface area contributed by atoms with Crippen LogP contribution in [0.1, 0.15) is 43.7 Å². The van der Waals surface area contributed by atoms with Crippen LogP contribution in [0.15, 0.2) is 12.3 Å². The van der Waals surface area contributed by atoms with Crippen molar-refractivity contribution < 1.29 is 14.7 Å². The summed E-state index contributed by atoms with van der Waals surface area (Å²) in [6.07, 6.45) is 2.29. The normalized spacial score (nSPS) is 12.4. The number of nitrogens with zero attached hydrogens (tertiary/aromatic N) is 3. The van der Waals surface area contributed by atoms with Crippen molar-refractivity contribution in [2.45, 2.75) is 33.2 Å². The molecule has 7 nitrogen and oxygen atoms in total. The number of hydrogen-bond acceptors (Lipinski definition) is 4. The van der Waals surface area contributed by atoms with E-state index in [2.05, 4.69) is 29.2 Å². The standard InChI is InChI=1S/C14H24N4O3/c1-4-17(5-2)10-6-8-15-13(19)12-7-9-16-18(12)11(3)14(20)21/h7,9,11H,4-6,8,10H2,1-3H3,(H,15,19)(H,20,21). The predicted molar refractivity (Wildman–Crippen MR) is 79.3 cm³/mol. The first-order chi connectivity index (χ1) is 10.0. The molecule has 7 heteroatoms. The second-order valence-electron chi connectivity index (χ2n) is 4.81. The first kappa shape index (κ1) is 17.2. The predicted octanol–water partition coefficient (Wildman–Crippen LogP) is 0.990. The average Bonchev–Trinajstić information content (AvgIpc) is 2.95. The van der Waals surface area contributed by atoms with Crippen LogP contribution >= 0.6 is 0 Å². The van der Waals surface area contributed by atoms with Crippen molar-refractivity contribution in [3.05, 3.63) is 18.0 Å². The van der Waals surface area contributed by atoms with E-state index in [0.29, 0.717) is 6.54 Å². The lowest BCUT2D eigenvalue weighted by Gasteiger charge is -2.17. The SMILES string of the molecule is CCN(CC)CCCNC(=O)c1ccnn1C(C)C(=O)O. The largest absolute Gasteiger partial charge is 0.480 e. The number of rotatable bonds is 9. The smallest absolute Gasteiger partial charge is 0.328 e. The Hall–Kier alpha value is -1.89. The number of carboxylic acids is 1. The molecular formula is C14H24N4O3. The molecule has 0 fully saturated rings. The second kappa shape index (κ2) is 8.41. The highest BCUT2D eigenvalue weighted by atomic mass is 16.4. The van der Waals surface area contributed by atoms with Gasteiger partial charge in [-0.25, -0.2) is 9.48 Å². The van der Waals surface area contributed by atoms with E-state index in [1.165, 1.54) is 23.9 Å². The van der Waals surface area contributed by atoms with Gasteiger partial charge in [0.1, 0.15) is 11.7 Å². The lowest BCUT2D eigenvalue weighted by molar-refractivity contribution is -0.140. The maximum Gasteiger partial charge on any atom is 0.328 e. The number of carbonyl (C=O) groups excluding carboxylic acids is 1. The Bertz CT molecular complexity index is 469. The van der Waals surface area contributed by atoms with Crippen LogP contribution < -0.4 is 5.32 Å². The number of aliphatic carboxylic acids is 1. The molecule has 0 radical (unpaired) electrons. The fraction of sp³-hybridized carbons (Fsp3) is 0.643. The molecule has 1 heterocycles.